The van der Waals surface area contributed by atoms with Gasteiger partial charge in [0.05, 0.1) is 7.11 Å². The Balaban J connectivity index is 1.99. The van der Waals surface area contributed by atoms with Gasteiger partial charge in [-0.1, -0.05) is 36.4 Å². The predicted molar refractivity (Wildman–Crippen MR) is 93.3 cm³/mol. The highest BCUT2D eigenvalue weighted by molar-refractivity contribution is 5.76. The average Bonchev–Trinajstić information content (AvgIpc) is 2.61. The molecule has 2 rings (SSSR count). The molecule has 0 heterocycles. The smallest absolute Gasteiger partial charge is 0.223 e. The molecule has 0 fully saturated rings. The van der Waals surface area contributed by atoms with Crippen LogP contribution in [-0.4, -0.2) is 24.5 Å². The van der Waals surface area contributed by atoms with Gasteiger partial charge in [-0.3, -0.25) is 4.79 Å². The van der Waals surface area contributed by atoms with E-state index < -0.39 is 0 Å². The molecule has 2 aromatic rings. The Hall–Kier alpha value is -2.62. The number of carbonyl (C=O) groups is 1. The van der Waals surface area contributed by atoms with E-state index in [0.29, 0.717) is 25.1 Å². The number of benzene rings is 2. The molecule has 24 heavy (non-hydrogen) atoms. The molecule has 0 aliphatic rings. The number of hydrogen-bond donors (Lipinski definition) is 0. The number of hydrogen-bond acceptors (Lipinski definition) is 2. The van der Waals surface area contributed by atoms with Crippen molar-refractivity contribution >= 4 is 5.91 Å². The molecular formula is C20H22FNO2. The van der Waals surface area contributed by atoms with Crippen molar-refractivity contribution < 1.29 is 13.9 Å². The third kappa shape index (κ3) is 4.95. The van der Waals surface area contributed by atoms with Crippen LogP contribution in [0.3, 0.4) is 0 Å². The van der Waals surface area contributed by atoms with E-state index in [2.05, 4.69) is 6.58 Å². The molecule has 0 radical (unpaired) electrons. The van der Waals surface area contributed by atoms with E-state index in [1.165, 1.54) is 6.07 Å². The maximum absolute atomic E-state index is 13.7. The van der Waals surface area contributed by atoms with Crippen molar-refractivity contribution in [3.8, 4) is 5.75 Å². The van der Waals surface area contributed by atoms with Crippen LogP contribution < -0.4 is 4.74 Å². The van der Waals surface area contributed by atoms with Crippen LogP contribution >= 0.6 is 0 Å². The Bertz CT molecular complexity index is 682. The van der Waals surface area contributed by atoms with E-state index >= 15 is 0 Å². The fraction of sp³-hybridized carbons (Fsp3) is 0.250. The van der Waals surface area contributed by atoms with Crippen LogP contribution in [0.25, 0.3) is 0 Å². The van der Waals surface area contributed by atoms with Crippen LogP contribution in [0.5, 0.6) is 5.75 Å². The number of amides is 1. The van der Waals surface area contributed by atoms with Gasteiger partial charge in [-0.2, -0.15) is 0 Å². The first-order valence-electron chi connectivity index (χ1n) is 7.89. The molecule has 0 spiro atoms. The zero-order valence-corrected chi connectivity index (χ0v) is 13.9. The lowest BCUT2D eigenvalue weighted by atomic mass is 10.1. The first-order chi connectivity index (χ1) is 11.6. The third-order valence-corrected chi connectivity index (χ3v) is 3.80. The fourth-order valence-electron chi connectivity index (χ4n) is 2.46. The van der Waals surface area contributed by atoms with Crippen molar-refractivity contribution in [2.75, 3.05) is 13.7 Å². The van der Waals surface area contributed by atoms with E-state index in [1.54, 1.807) is 36.3 Å². The van der Waals surface area contributed by atoms with Gasteiger partial charge < -0.3 is 9.64 Å². The summed E-state index contributed by atoms with van der Waals surface area (Å²) in [5, 5.41) is 0. The Morgan fingerprint density at radius 1 is 1.21 bits per heavy atom. The van der Waals surface area contributed by atoms with Crippen molar-refractivity contribution in [2.45, 2.75) is 19.4 Å². The molecule has 0 bridgehead atoms. The van der Waals surface area contributed by atoms with Gasteiger partial charge in [0.2, 0.25) is 5.91 Å². The summed E-state index contributed by atoms with van der Waals surface area (Å²) in [5.74, 6) is 0.490. The molecule has 0 aliphatic heterocycles. The van der Waals surface area contributed by atoms with Gasteiger partial charge >= 0.3 is 0 Å². The Morgan fingerprint density at radius 3 is 2.54 bits per heavy atom. The maximum atomic E-state index is 13.7. The molecule has 126 valence electrons. The SMILES string of the molecule is C=CCN(Cc1ccc(OC)cc1)C(=O)CCc1ccccc1F. The summed E-state index contributed by atoms with van der Waals surface area (Å²) in [7, 11) is 1.62. The molecule has 1 amide bonds. The average molecular weight is 327 g/mol. The summed E-state index contributed by atoms with van der Waals surface area (Å²) in [6.07, 6.45) is 2.36. The summed E-state index contributed by atoms with van der Waals surface area (Å²) in [4.78, 5) is 14.2. The molecule has 0 aromatic heterocycles. The minimum absolute atomic E-state index is 0.0195. The second kappa shape index (κ2) is 8.87. The van der Waals surface area contributed by atoms with E-state index in [1.807, 2.05) is 24.3 Å². The summed E-state index contributed by atoms with van der Waals surface area (Å²) in [6.45, 7) is 4.66. The van der Waals surface area contributed by atoms with Gasteiger partial charge in [-0.15, -0.1) is 6.58 Å². The van der Waals surface area contributed by atoms with Crippen molar-refractivity contribution in [3.05, 3.63) is 78.1 Å². The van der Waals surface area contributed by atoms with Gasteiger partial charge in [0, 0.05) is 19.5 Å². The highest BCUT2D eigenvalue weighted by atomic mass is 19.1. The standard InChI is InChI=1S/C20H22FNO2/c1-3-14-22(15-16-8-11-18(24-2)12-9-16)20(23)13-10-17-6-4-5-7-19(17)21/h3-9,11-12H,1,10,13-15H2,2H3. The second-order valence-corrected chi connectivity index (χ2v) is 5.50. The lowest BCUT2D eigenvalue weighted by molar-refractivity contribution is -0.131. The van der Waals surface area contributed by atoms with E-state index in [-0.39, 0.29) is 18.1 Å². The largest absolute Gasteiger partial charge is 0.497 e. The third-order valence-electron chi connectivity index (χ3n) is 3.80. The Kier molecular flexibility index (Phi) is 6.55. The van der Waals surface area contributed by atoms with Crippen LogP contribution in [0.15, 0.2) is 61.2 Å². The fourth-order valence-corrected chi connectivity index (χ4v) is 2.46. The minimum Gasteiger partial charge on any atom is -0.497 e. The molecule has 0 unspecified atom stereocenters. The van der Waals surface area contributed by atoms with Gasteiger partial charge in [0.15, 0.2) is 0 Å². The topological polar surface area (TPSA) is 29.5 Å². The molecule has 3 nitrogen and oxygen atoms in total. The van der Waals surface area contributed by atoms with Crippen LogP contribution in [0.4, 0.5) is 4.39 Å². The normalized spacial score (nSPS) is 10.2. The first-order valence-corrected chi connectivity index (χ1v) is 7.89. The maximum Gasteiger partial charge on any atom is 0.223 e. The highest BCUT2D eigenvalue weighted by Gasteiger charge is 2.14. The number of ether oxygens (including phenoxy) is 1. The van der Waals surface area contributed by atoms with Crippen LogP contribution in [0.2, 0.25) is 0 Å². The quantitative estimate of drug-likeness (QED) is 0.686. The van der Waals surface area contributed by atoms with Crippen LogP contribution in [-0.2, 0) is 17.8 Å². The predicted octanol–water partition coefficient (Wildman–Crippen LogP) is 3.98. The summed E-state index contributed by atoms with van der Waals surface area (Å²) in [5.41, 5.74) is 1.57. The molecule has 2 aromatic carbocycles. The van der Waals surface area contributed by atoms with Crippen LogP contribution in [0.1, 0.15) is 17.5 Å². The van der Waals surface area contributed by atoms with Crippen molar-refractivity contribution in [3.63, 3.8) is 0 Å². The lowest BCUT2D eigenvalue weighted by Gasteiger charge is -2.21. The van der Waals surface area contributed by atoms with Gasteiger partial charge in [-0.05, 0) is 35.7 Å². The minimum atomic E-state index is -0.268. The second-order valence-electron chi connectivity index (χ2n) is 5.50. The molecule has 0 saturated heterocycles. The summed E-state index contributed by atoms with van der Waals surface area (Å²) < 4.78 is 18.8. The molecule has 0 saturated carbocycles. The number of aryl methyl sites for hydroxylation is 1. The molecule has 0 atom stereocenters. The van der Waals surface area contributed by atoms with Gasteiger partial charge in [-0.25, -0.2) is 4.39 Å². The summed E-state index contributed by atoms with van der Waals surface area (Å²) >= 11 is 0. The number of nitrogens with zero attached hydrogens (tertiary/aromatic N) is 1. The molecule has 0 aliphatic carbocycles. The van der Waals surface area contributed by atoms with E-state index in [4.69, 9.17) is 4.74 Å². The zero-order chi connectivity index (χ0) is 17.4. The van der Waals surface area contributed by atoms with Crippen molar-refractivity contribution in [1.82, 2.24) is 4.90 Å². The monoisotopic (exact) mass is 327 g/mol. The number of halogens is 1. The number of carbonyl (C=O) groups excluding carboxylic acids is 1. The van der Waals surface area contributed by atoms with Crippen LogP contribution in [0, 0.1) is 5.82 Å². The molecule has 0 N–H and O–H groups in total. The molecule has 4 heteroatoms. The van der Waals surface area contributed by atoms with Gasteiger partial charge in [0.1, 0.15) is 11.6 Å². The highest BCUT2D eigenvalue weighted by Crippen LogP contribution is 2.15. The lowest BCUT2D eigenvalue weighted by Crippen LogP contribution is -2.30. The van der Waals surface area contributed by atoms with Crippen molar-refractivity contribution in [2.24, 2.45) is 0 Å². The Labute approximate surface area is 142 Å². The molecular weight excluding hydrogens is 305 g/mol. The van der Waals surface area contributed by atoms with Gasteiger partial charge in [0.25, 0.3) is 0 Å². The van der Waals surface area contributed by atoms with Crippen molar-refractivity contribution in [1.29, 1.82) is 0 Å². The van der Waals surface area contributed by atoms with E-state index in [9.17, 15) is 9.18 Å². The number of methoxy groups -OCH3 is 1. The zero-order valence-electron chi connectivity index (χ0n) is 13.9. The Morgan fingerprint density at radius 2 is 1.92 bits per heavy atom. The number of rotatable bonds is 8. The van der Waals surface area contributed by atoms with E-state index in [0.717, 1.165) is 11.3 Å². The summed E-state index contributed by atoms with van der Waals surface area (Å²) in [6, 6.07) is 14.1. The first kappa shape index (κ1) is 17.7.